The molecule has 3 aromatic rings. The monoisotopic (exact) mass is 382 g/mol. The van der Waals surface area contributed by atoms with Gasteiger partial charge in [0.15, 0.2) is 11.5 Å². The van der Waals surface area contributed by atoms with Crippen molar-refractivity contribution in [3.63, 3.8) is 0 Å². The molecule has 0 amide bonds. The standard InChI is InChI=1S/C21H19FN2O4/c1-12-20(24-16-11-14(22)6-7-15(16)23-12)17(25)8-5-13-9-18(26-2)21(28-4)19(10-13)27-3/h5-11H,1-4H3. The van der Waals surface area contributed by atoms with Gasteiger partial charge in [0.1, 0.15) is 11.5 Å². The van der Waals surface area contributed by atoms with Crippen LogP contribution in [0.25, 0.3) is 17.1 Å². The highest BCUT2D eigenvalue weighted by Crippen LogP contribution is 2.38. The molecule has 0 bridgehead atoms. The Kier molecular flexibility index (Phi) is 5.54. The third-order valence-corrected chi connectivity index (χ3v) is 4.15. The van der Waals surface area contributed by atoms with E-state index >= 15 is 0 Å². The topological polar surface area (TPSA) is 70.5 Å². The number of hydrogen-bond donors (Lipinski definition) is 0. The van der Waals surface area contributed by atoms with Crippen LogP contribution in [-0.4, -0.2) is 37.1 Å². The fraction of sp³-hybridized carbons (Fsp3) is 0.190. The first-order valence-electron chi connectivity index (χ1n) is 8.43. The Labute approximate surface area is 161 Å². The van der Waals surface area contributed by atoms with Crippen molar-refractivity contribution in [2.24, 2.45) is 0 Å². The van der Waals surface area contributed by atoms with Gasteiger partial charge < -0.3 is 14.2 Å². The summed E-state index contributed by atoms with van der Waals surface area (Å²) in [5.74, 6) is 0.644. The lowest BCUT2D eigenvalue weighted by molar-refractivity contribution is 0.104. The van der Waals surface area contributed by atoms with Crippen LogP contribution >= 0.6 is 0 Å². The summed E-state index contributed by atoms with van der Waals surface area (Å²) in [5.41, 5.74) is 2.18. The fourth-order valence-corrected chi connectivity index (χ4v) is 2.80. The average molecular weight is 382 g/mol. The molecule has 0 aliphatic rings. The van der Waals surface area contributed by atoms with Crippen molar-refractivity contribution < 1.29 is 23.4 Å². The average Bonchev–Trinajstić information content (AvgIpc) is 2.70. The first kappa shape index (κ1) is 19.3. The third-order valence-electron chi connectivity index (χ3n) is 4.15. The second kappa shape index (κ2) is 8.04. The van der Waals surface area contributed by atoms with Gasteiger partial charge in [-0.3, -0.25) is 4.79 Å². The molecule has 6 nitrogen and oxygen atoms in total. The van der Waals surface area contributed by atoms with E-state index in [1.54, 1.807) is 25.1 Å². The Morgan fingerprint density at radius 2 is 1.64 bits per heavy atom. The maximum absolute atomic E-state index is 13.4. The highest BCUT2D eigenvalue weighted by molar-refractivity contribution is 6.07. The number of allylic oxidation sites excluding steroid dienone is 1. The molecule has 0 fully saturated rings. The molecule has 0 unspecified atom stereocenters. The van der Waals surface area contributed by atoms with Crippen LogP contribution in [0.15, 0.2) is 36.4 Å². The number of rotatable bonds is 6. The lowest BCUT2D eigenvalue weighted by atomic mass is 10.1. The molecule has 0 aliphatic heterocycles. The number of aromatic nitrogens is 2. The zero-order valence-corrected chi connectivity index (χ0v) is 15.9. The fourth-order valence-electron chi connectivity index (χ4n) is 2.80. The van der Waals surface area contributed by atoms with Gasteiger partial charge in [0, 0.05) is 6.07 Å². The number of fused-ring (bicyclic) bond motifs is 1. The third kappa shape index (κ3) is 3.78. The van der Waals surface area contributed by atoms with Crippen LogP contribution in [0.4, 0.5) is 4.39 Å². The molecule has 0 N–H and O–H groups in total. The quantitative estimate of drug-likeness (QED) is 0.474. The predicted molar refractivity (Wildman–Crippen MR) is 104 cm³/mol. The molecule has 0 aliphatic carbocycles. The first-order chi connectivity index (χ1) is 13.5. The normalized spacial score (nSPS) is 11.0. The van der Waals surface area contributed by atoms with Gasteiger partial charge in [0.05, 0.1) is 38.1 Å². The van der Waals surface area contributed by atoms with Crippen molar-refractivity contribution in [3.8, 4) is 17.2 Å². The number of methoxy groups -OCH3 is 3. The number of benzene rings is 2. The molecule has 1 aromatic heterocycles. The minimum absolute atomic E-state index is 0.168. The van der Waals surface area contributed by atoms with Gasteiger partial charge in [-0.2, -0.15) is 0 Å². The SMILES string of the molecule is COc1cc(C=CC(=O)c2nc3cc(F)ccc3nc2C)cc(OC)c1OC. The highest BCUT2D eigenvalue weighted by atomic mass is 19.1. The van der Waals surface area contributed by atoms with Gasteiger partial charge in [0.25, 0.3) is 0 Å². The number of ketones is 1. The van der Waals surface area contributed by atoms with E-state index < -0.39 is 5.82 Å². The molecule has 0 saturated heterocycles. The van der Waals surface area contributed by atoms with E-state index in [1.165, 1.54) is 45.6 Å². The second-order valence-corrected chi connectivity index (χ2v) is 5.95. The second-order valence-electron chi connectivity index (χ2n) is 5.95. The molecular weight excluding hydrogens is 363 g/mol. The van der Waals surface area contributed by atoms with Crippen LogP contribution in [0.1, 0.15) is 21.7 Å². The van der Waals surface area contributed by atoms with E-state index in [-0.39, 0.29) is 11.5 Å². The molecule has 144 valence electrons. The van der Waals surface area contributed by atoms with E-state index in [0.29, 0.717) is 39.5 Å². The highest BCUT2D eigenvalue weighted by Gasteiger charge is 2.14. The number of carbonyl (C=O) groups is 1. The summed E-state index contributed by atoms with van der Waals surface area (Å²) >= 11 is 0. The van der Waals surface area contributed by atoms with Crippen molar-refractivity contribution in [2.45, 2.75) is 6.92 Å². The summed E-state index contributed by atoms with van der Waals surface area (Å²) in [6.07, 6.45) is 2.99. The van der Waals surface area contributed by atoms with Gasteiger partial charge in [0.2, 0.25) is 11.5 Å². The van der Waals surface area contributed by atoms with Gasteiger partial charge in [-0.25, -0.2) is 14.4 Å². The van der Waals surface area contributed by atoms with Gasteiger partial charge in [-0.1, -0.05) is 6.08 Å². The zero-order valence-electron chi connectivity index (χ0n) is 15.9. The Balaban J connectivity index is 1.95. The molecule has 3 rings (SSSR count). The van der Waals surface area contributed by atoms with Crippen molar-refractivity contribution in [2.75, 3.05) is 21.3 Å². The molecular formula is C21H19FN2O4. The Morgan fingerprint density at radius 3 is 2.25 bits per heavy atom. The number of hydrogen-bond acceptors (Lipinski definition) is 6. The first-order valence-corrected chi connectivity index (χ1v) is 8.43. The van der Waals surface area contributed by atoms with Crippen molar-refractivity contribution in [1.29, 1.82) is 0 Å². The summed E-state index contributed by atoms with van der Waals surface area (Å²) in [6.45, 7) is 1.69. The molecule has 1 heterocycles. The van der Waals surface area contributed by atoms with E-state index in [0.717, 1.165) is 0 Å². The largest absolute Gasteiger partial charge is 0.493 e. The van der Waals surface area contributed by atoms with E-state index in [1.807, 2.05) is 0 Å². The molecule has 0 atom stereocenters. The predicted octanol–water partition coefficient (Wildman–Crippen LogP) is 4.00. The zero-order chi connectivity index (χ0) is 20.3. The van der Waals surface area contributed by atoms with E-state index in [9.17, 15) is 9.18 Å². The van der Waals surface area contributed by atoms with Crippen LogP contribution in [0.5, 0.6) is 17.2 Å². The smallest absolute Gasteiger partial charge is 0.206 e. The van der Waals surface area contributed by atoms with Gasteiger partial charge >= 0.3 is 0 Å². The molecule has 0 saturated carbocycles. The lowest BCUT2D eigenvalue weighted by Crippen LogP contribution is -2.05. The van der Waals surface area contributed by atoms with Crippen LogP contribution < -0.4 is 14.2 Å². The molecule has 28 heavy (non-hydrogen) atoms. The number of halogens is 1. The lowest BCUT2D eigenvalue weighted by Gasteiger charge is -2.12. The number of ether oxygens (including phenoxy) is 3. The summed E-state index contributed by atoms with van der Waals surface area (Å²) < 4.78 is 29.3. The Bertz CT molecular complexity index is 1050. The number of nitrogens with zero attached hydrogens (tertiary/aromatic N) is 2. The Morgan fingerprint density at radius 1 is 0.964 bits per heavy atom. The summed E-state index contributed by atoms with van der Waals surface area (Å²) in [5, 5.41) is 0. The molecule has 0 radical (unpaired) electrons. The van der Waals surface area contributed by atoms with E-state index in [2.05, 4.69) is 9.97 Å². The molecule has 2 aromatic carbocycles. The van der Waals surface area contributed by atoms with Crippen LogP contribution in [0.3, 0.4) is 0 Å². The van der Waals surface area contributed by atoms with Crippen molar-refractivity contribution in [3.05, 3.63) is 59.2 Å². The van der Waals surface area contributed by atoms with E-state index in [4.69, 9.17) is 14.2 Å². The van der Waals surface area contributed by atoms with Gasteiger partial charge in [-0.05, 0) is 42.8 Å². The van der Waals surface area contributed by atoms with Gasteiger partial charge in [-0.15, -0.1) is 0 Å². The number of carbonyl (C=O) groups excluding carboxylic acids is 1. The van der Waals surface area contributed by atoms with Crippen molar-refractivity contribution >= 4 is 22.9 Å². The molecule has 7 heteroatoms. The minimum atomic E-state index is -0.433. The Hall–Kier alpha value is -3.48. The van der Waals surface area contributed by atoms with Crippen LogP contribution in [0, 0.1) is 12.7 Å². The van der Waals surface area contributed by atoms with Crippen molar-refractivity contribution in [1.82, 2.24) is 9.97 Å². The maximum atomic E-state index is 13.4. The summed E-state index contributed by atoms with van der Waals surface area (Å²) in [7, 11) is 4.55. The minimum Gasteiger partial charge on any atom is -0.493 e. The van der Waals surface area contributed by atoms with Crippen LogP contribution in [-0.2, 0) is 0 Å². The summed E-state index contributed by atoms with van der Waals surface area (Å²) in [4.78, 5) is 21.2. The summed E-state index contributed by atoms with van der Waals surface area (Å²) in [6, 6.07) is 7.54. The number of aryl methyl sites for hydroxylation is 1. The molecule has 0 spiro atoms. The van der Waals surface area contributed by atoms with Crippen LogP contribution in [0.2, 0.25) is 0 Å². The maximum Gasteiger partial charge on any atom is 0.206 e.